The van der Waals surface area contributed by atoms with Crippen LogP contribution in [0.1, 0.15) is 30.2 Å². The lowest BCUT2D eigenvalue weighted by Crippen LogP contribution is -2.43. The van der Waals surface area contributed by atoms with Gasteiger partial charge in [0, 0.05) is 23.2 Å². The number of para-hydroxylation sites is 1. The number of thioether (sulfide) groups is 1. The van der Waals surface area contributed by atoms with Crippen LogP contribution in [0.5, 0.6) is 11.5 Å². The first kappa shape index (κ1) is 28.3. The molecule has 212 valence electrons. The van der Waals surface area contributed by atoms with E-state index < -0.39 is 0 Å². The maximum absolute atomic E-state index is 13.8. The lowest BCUT2D eigenvalue weighted by molar-refractivity contribution is -0.123. The van der Waals surface area contributed by atoms with Crippen LogP contribution in [0.25, 0.3) is 16.9 Å². The van der Waals surface area contributed by atoms with Gasteiger partial charge in [-0.15, -0.1) is 11.8 Å². The number of carbonyl (C=O) groups is 2. The predicted octanol–water partition coefficient (Wildman–Crippen LogP) is 5.50. The third-order valence-electron chi connectivity index (χ3n) is 6.88. The van der Waals surface area contributed by atoms with Gasteiger partial charge < -0.3 is 14.8 Å². The van der Waals surface area contributed by atoms with E-state index in [2.05, 4.69) is 5.32 Å². The molecule has 1 N–H and O–H groups in total. The quantitative estimate of drug-likeness (QED) is 0.286. The molecule has 2 heterocycles. The van der Waals surface area contributed by atoms with Crippen molar-refractivity contribution in [3.05, 3.63) is 90.0 Å². The first-order valence-electron chi connectivity index (χ1n) is 13.6. The van der Waals surface area contributed by atoms with Crippen LogP contribution in [0.2, 0.25) is 0 Å². The fourth-order valence-corrected chi connectivity index (χ4v) is 6.10. The number of hydrogen-bond donors (Lipinski definition) is 1. The number of fused-ring (bicyclic) bond motifs is 1. The van der Waals surface area contributed by atoms with E-state index in [9.17, 15) is 9.59 Å². The van der Waals surface area contributed by atoms with Crippen molar-refractivity contribution in [3.63, 3.8) is 0 Å². The molecule has 9 heteroatoms. The Morgan fingerprint density at radius 2 is 1.71 bits per heavy atom. The molecule has 0 radical (unpaired) electrons. The summed E-state index contributed by atoms with van der Waals surface area (Å²) in [5.41, 5.74) is 4.18. The summed E-state index contributed by atoms with van der Waals surface area (Å²) in [6.45, 7) is 4.48. The largest absolute Gasteiger partial charge is 0.497 e. The van der Waals surface area contributed by atoms with E-state index in [0.29, 0.717) is 18.1 Å². The van der Waals surface area contributed by atoms with Gasteiger partial charge in [0.15, 0.2) is 0 Å². The maximum atomic E-state index is 13.8. The molecule has 4 aromatic rings. The molecule has 8 nitrogen and oxygen atoms in total. The van der Waals surface area contributed by atoms with Crippen LogP contribution in [0, 0.1) is 5.92 Å². The molecule has 1 aromatic heterocycles. The Bertz CT molecular complexity index is 1520. The number of anilines is 1. The smallest absolute Gasteiger partial charge is 0.240 e. The maximum Gasteiger partial charge on any atom is 0.240 e. The van der Waals surface area contributed by atoms with Crippen LogP contribution in [-0.4, -0.2) is 54.7 Å². The van der Waals surface area contributed by atoms with Crippen molar-refractivity contribution in [2.45, 2.75) is 19.1 Å². The van der Waals surface area contributed by atoms with E-state index >= 15 is 0 Å². The number of hydrogen-bond acceptors (Lipinski definition) is 6. The van der Waals surface area contributed by atoms with Crippen LogP contribution in [0.3, 0.4) is 0 Å². The second kappa shape index (κ2) is 12.5. The molecule has 41 heavy (non-hydrogen) atoms. The number of amides is 2. The first-order chi connectivity index (χ1) is 19.9. The number of benzene rings is 3. The molecule has 1 aliphatic rings. The van der Waals surface area contributed by atoms with Gasteiger partial charge in [-0.25, -0.2) is 4.68 Å². The third-order valence-corrected chi connectivity index (χ3v) is 8.12. The highest BCUT2D eigenvalue weighted by Gasteiger charge is 2.38. The molecule has 1 atom stereocenters. The number of nitrogens with zero attached hydrogens (tertiary/aromatic N) is 3. The molecule has 2 amide bonds. The number of methoxy groups -OCH3 is 2. The van der Waals surface area contributed by atoms with Gasteiger partial charge in [0.25, 0.3) is 0 Å². The Balaban J connectivity index is 1.77. The van der Waals surface area contributed by atoms with Gasteiger partial charge in [-0.2, -0.15) is 5.10 Å². The van der Waals surface area contributed by atoms with Gasteiger partial charge in [0.1, 0.15) is 23.9 Å². The molecular formula is C32H34N4O4S. The highest BCUT2D eigenvalue weighted by molar-refractivity contribution is 8.00. The molecule has 0 fully saturated rings. The van der Waals surface area contributed by atoms with Gasteiger partial charge in [0.05, 0.1) is 36.6 Å². The highest BCUT2D eigenvalue weighted by atomic mass is 32.2. The Kier molecular flexibility index (Phi) is 8.64. The minimum absolute atomic E-state index is 0.117. The lowest BCUT2D eigenvalue weighted by atomic mass is 9.99. The molecule has 0 saturated heterocycles. The minimum atomic E-state index is -0.281. The number of aromatic nitrogens is 2. The number of rotatable bonds is 9. The SMILES string of the molecule is COc1ccc(-n2nc(-c3ccccc3)c3c2N(CC(=O)NCC(C)C)C(=O)CSC3c2ccccc2OC)cc1. The molecule has 0 spiro atoms. The Morgan fingerprint density at radius 3 is 2.39 bits per heavy atom. The molecule has 0 bridgehead atoms. The Hall–Kier alpha value is -4.24. The number of nitrogens with one attached hydrogen (secondary N) is 1. The normalized spacial score (nSPS) is 14.9. The van der Waals surface area contributed by atoms with Crippen molar-refractivity contribution in [1.82, 2.24) is 15.1 Å². The van der Waals surface area contributed by atoms with E-state index in [1.807, 2.05) is 92.7 Å². The van der Waals surface area contributed by atoms with Crippen molar-refractivity contribution < 1.29 is 19.1 Å². The summed E-state index contributed by atoms with van der Waals surface area (Å²) in [7, 11) is 3.27. The van der Waals surface area contributed by atoms with Crippen molar-refractivity contribution in [3.8, 4) is 28.4 Å². The Labute approximate surface area is 244 Å². The van der Waals surface area contributed by atoms with E-state index in [4.69, 9.17) is 14.6 Å². The van der Waals surface area contributed by atoms with Crippen LogP contribution in [0.15, 0.2) is 78.9 Å². The van der Waals surface area contributed by atoms with E-state index in [-0.39, 0.29) is 35.3 Å². The van der Waals surface area contributed by atoms with Crippen LogP contribution in [0.4, 0.5) is 5.82 Å². The second-order valence-corrected chi connectivity index (χ2v) is 11.3. The molecule has 5 rings (SSSR count). The summed E-state index contributed by atoms with van der Waals surface area (Å²) in [6.07, 6.45) is 0. The van der Waals surface area contributed by atoms with E-state index in [1.165, 1.54) is 11.8 Å². The third kappa shape index (κ3) is 5.95. The lowest BCUT2D eigenvalue weighted by Gasteiger charge is -2.24. The summed E-state index contributed by atoms with van der Waals surface area (Å²) in [6, 6.07) is 25.3. The molecular weight excluding hydrogens is 536 g/mol. The van der Waals surface area contributed by atoms with Gasteiger partial charge in [-0.05, 0) is 36.2 Å². The molecule has 1 aliphatic heterocycles. The van der Waals surface area contributed by atoms with Gasteiger partial charge in [-0.1, -0.05) is 62.4 Å². The topological polar surface area (TPSA) is 85.7 Å². The second-order valence-electron chi connectivity index (χ2n) is 10.2. The molecule has 1 unspecified atom stereocenters. The average Bonchev–Trinajstić information content (AvgIpc) is 3.33. The summed E-state index contributed by atoms with van der Waals surface area (Å²) >= 11 is 1.51. The average molecular weight is 571 g/mol. The highest BCUT2D eigenvalue weighted by Crippen LogP contribution is 2.50. The van der Waals surface area contributed by atoms with Gasteiger partial charge >= 0.3 is 0 Å². The summed E-state index contributed by atoms with van der Waals surface area (Å²) in [4.78, 5) is 28.6. The first-order valence-corrected chi connectivity index (χ1v) is 14.6. The van der Waals surface area contributed by atoms with Gasteiger partial charge in [-0.3, -0.25) is 14.5 Å². The molecule has 0 aliphatic carbocycles. The molecule has 3 aromatic carbocycles. The van der Waals surface area contributed by atoms with Crippen molar-refractivity contribution in [2.75, 3.05) is 38.0 Å². The van der Waals surface area contributed by atoms with Gasteiger partial charge in [0.2, 0.25) is 11.8 Å². The van der Waals surface area contributed by atoms with Crippen molar-refractivity contribution >= 4 is 29.4 Å². The van der Waals surface area contributed by atoms with Crippen molar-refractivity contribution in [2.24, 2.45) is 5.92 Å². The van der Waals surface area contributed by atoms with Crippen molar-refractivity contribution in [1.29, 1.82) is 0 Å². The van der Waals surface area contributed by atoms with Crippen LogP contribution in [-0.2, 0) is 9.59 Å². The summed E-state index contributed by atoms with van der Waals surface area (Å²) < 4.78 is 12.9. The number of carbonyl (C=O) groups excluding carboxylic acids is 2. The molecule has 0 saturated carbocycles. The predicted molar refractivity (Wildman–Crippen MR) is 163 cm³/mol. The summed E-state index contributed by atoms with van der Waals surface area (Å²) in [5, 5.41) is 7.81. The number of ether oxygens (including phenoxy) is 2. The monoisotopic (exact) mass is 570 g/mol. The fraction of sp³-hybridized carbons (Fsp3) is 0.281. The van der Waals surface area contributed by atoms with Crippen LogP contribution >= 0.6 is 11.8 Å². The minimum Gasteiger partial charge on any atom is -0.497 e. The van der Waals surface area contributed by atoms with E-state index in [1.54, 1.807) is 23.8 Å². The van der Waals surface area contributed by atoms with Crippen LogP contribution < -0.4 is 19.7 Å². The fourth-order valence-electron chi connectivity index (χ4n) is 4.88. The zero-order valence-corrected chi connectivity index (χ0v) is 24.5. The summed E-state index contributed by atoms with van der Waals surface area (Å²) in [5.74, 6) is 2.09. The zero-order valence-electron chi connectivity index (χ0n) is 23.7. The Morgan fingerprint density at radius 1 is 1.00 bits per heavy atom. The zero-order chi connectivity index (χ0) is 28.9. The van der Waals surface area contributed by atoms with E-state index in [0.717, 1.165) is 33.8 Å². The standard InChI is InChI=1S/C32H34N4O4S/c1-21(2)18-33-27(37)19-35-28(38)20-41-31(25-12-8-9-13-26(25)40-4)29-30(22-10-6-5-7-11-22)34-36(32(29)35)23-14-16-24(39-3)17-15-23/h5-17,21,31H,18-20H2,1-4H3,(H,33,37).